The van der Waals surface area contributed by atoms with Gasteiger partial charge in [-0.25, -0.2) is 9.97 Å². The number of aromatic nitrogens is 2. The van der Waals surface area contributed by atoms with E-state index in [-0.39, 0.29) is 11.9 Å². The summed E-state index contributed by atoms with van der Waals surface area (Å²) in [5.41, 5.74) is 3.40. The summed E-state index contributed by atoms with van der Waals surface area (Å²) in [6.45, 7) is 7.59. The summed E-state index contributed by atoms with van der Waals surface area (Å²) in [6, 6.07) is 17.0. The van der Waals surface area contributed by atoms with E-state index in [4.69, 9.17) is 0 Å². The number of hydrogen-bond acceptors (Lipinski definition) is 6. The van der Waals surface area contributed by atoms with E-state index in [0.717, 1.165) is 54.3 Å². The largest absolute Gasteiger partial charge is 0.358 e. The molecule has 1 aliphatic carbocycles. The molecule has 1 amide bonds. The average Bonchev–Trinajstić information content (AvgIpc) is 3.32. The van der Waals surface area contributed by atoms with Crippen LogP contribution < -0.4 is 5.32 Å². The highest BCUT2D eigenvalue weighted by Crippen LogP contribution is 2.37. The molecule has 2 aromatic carbocycles. The van der Waals surface area contributed by atoms with Crippen LogP contribution in [0.25, 0.3) is 22.0 Å². The zero-order chi connectivity index (χ0) is 27.5. The molecule has 7 heteroatoms. The molecule has 7 nitrogen and oxygen atoms in total. The Labute approximate surface area is 232 Å². The number of hydrogen-bond donors (Lipinski definition) is 1. The number of nitriles is 1. The Hall–Kier alpha value is -3.50. The lowest BCUT2D eigenvalue weighted by Gasteiger charge is -2.44. The number of fused-ring (bicyclic) bond motifs is 1. The lowest BCUT2D eigenvalue weighted by Crippen LogP contribution is -2.51. The fourth-order valence-electron chi connectivity index (χ4n) is 6.56. The second-order valence-corrected chi connectivity index (χ2v) is 11.5. The zero-order valence-corrected chi connectivity index (χ0v) is 23.6. The quantitative estimate of drug-likeness (QED) is 0.397. The first kappa shape index (κ1) is 27.1. The number of nitrogens with one attached hydrogen (secondary N) is 1. The molecular formula is C32H40N6O. The van der Waals surface area contributed by atoms with Crippen LogP contribution in [0.2, 0.25) is 0 Å². The Balaban J connectivity index is 1.34. The first-order chi connectivity index (χ1) is 18.9. The van der Waals surface area contributed by atoms with Crippen molar-refractivity contribution in [1.82, 2.24) is 19.8 Å². The monoisotopic (exact) mass is 524 g/mol. The van der Waals surface area contributed by atoms with E-state index in [1.165, 1.54) is 12.8 Å². The standard InChI is InChI=1S/C32H40N6O/c1-5-7-25-17-26(37(4)21(2)3)11-13-30(25)38-15-14-29(32(38)39)36-31-27-18-24(10-12-28(27)34-20-35-31)23-9-6-8-22(16-23)19-33/h6,8-10,12,16,18,20-21,25-26,29-30H,5,7,11,13-15,17H2,1-4H3,(H,34,35,36)/t25-,26-,29?,30+/m1/s1. The molecule has 1 aliphatic heterocycles. The second-order valence-electron chi connectivity index (χ2n) is 11.5. The van der Waals surface area contributed by atoms with Crippen LogP contribution >= 0.6 is 0 Å². The summed E-state index contributed by atoms with van der Waals surface area (Å²) in [6.07, 6.45) is 8.04. The first-order valence-corrected chi connectivity index (χ1v) is 14.4. The lowest BCUT2D eigenvalue weighted by atomic mass is 9.77. The summed E-state index contributed by atoms with van der Waals surface area (Å²) >= 11 is 0. The fourth-order valence-corrected chi connectivity index (χ4v) is 6.56. The normalized spacial score (nSPS) is 23.5. The van der Waals surface area contributed by atoms with Gasteiger partial charge in [0.05, 0.1) is 17.1 Å². The highest BCUT2D eigenvalue weighted by Gasteiger charge is 2.42. The van der Waals surface area contributed by atoms with E-state index in [9.17, 15) is 10.1 Å². The molecule has 2 aliphatic rings. The van der Waals surface area contributed by atoms with Crippen LogP contribution in [-0.4, -0.2) is 63.4 Å². The topological polar surface area (TPSA) is 85.2 Å². The van der Waals surface area contributed by atoms with Crippen LogP contribution in [0.5, 0.6) is 0 Å². The number of benzene rings is 2. The molecule has 1 unspecified atom stereocenters. The van der Waals surface area contributed by atoms with Gasteiger partial charge in [-0.05, 0) is 94.3 Å². The minimum atomic E-state index is -0.285. The molecule has 0 radical (unpaired) electrons. The van der Waals surface area contributed by atoms with Crippen LogP contribution in [0.15, 0.2) is 48.8 Å². The molecule has 0 bridgehead atoms. The number of carbonyl (C=O) groups excluding carboxylic acids is 1. The van der Waals surface area contributed by atoms with E-state index in [0.29, 0.717) is 35.4 Å². The van der Waals surface area contributed by atoms with Gasteiger partial charge in [0.2, 0.25) is 5.91 Å². The van der Waals surface area contributed by atoms with Crippen LogP contribution in [0.1, 0.15) is 64.9 Å². The van der Waals surface area contributed by atoms with E-state index in [1.807, 2.05) is 30.3 Å². The van der Waals surface area contributed by atoms with Crippen molar-refractivity contribution in [2.45, 2.75) is 83.5 Å². The van der Waals surface area contributed by atoms with E-state index < -0.39 is 0 Å². The minimum absolute atomic E-state index is 0.196. The summed E-state index contributed by atoms with van der Waals surface area (Å²) in [7, 11) is 2.25. The van der Waals surface area contributed by atoms with Crippen molar-refractivity contribution < 1.29 is 4.79 Å². The molecule has 1 saturated carbocycles. The van der Waals surface area contributed by atoms with Gasteiger partial charge >= 0.3 is 0 Å². The Morgan fingerprint density at radius 2 is 1.95 bits per heavy atom. The second kappa shape index (κ2) is 11.7. The predicted octanol–water partition coefficient (Wildman–Crippen LogP) is 5.86. The number of anilines is 1. The molecule has 3 aromatic rings. The lowest BCUT2D eigenvalue weighted by molar-refractivity contribution is -0.132. The fraction of sp³-hybridized carbons (Fsp3) is 0.500. The van der Waals surface area contributed by atoms with Crippen molar-refractivity contribution in [2.24, 2.45) is 5.92 Å². The zero-order valence-electron chi connectivity index (χ0n) is 23.6. The number of likely N-dealkylation sites (tertiary alicyclic amines) is 1. The predicted molar refractivity (Wildman–Crippen MR) is 156 cm³/mol. The molecule has 4 atom stereocenters. The van der Waals surface area contributed by atoms with Gasteiger partial charge in [-0.3, -0.25) is 4.79 Å². The summed E-state index contributed by atoms with van der Waals surface area (Å²) < 4.78 is 0. The van der Waals surface area contributed by atoms with Crippen molar-refractivity contribution in [3.8, 4) is 17.2 Å². The minimum Gasteiger partial charge on any atom is -0.358 e. The van der Waals surface area contributed by atoms with Crippen LogP contribution in [0, 0.1) is 17.2 Å². The third-order valence-corrected chi connectivity index (χ3v) is 8.88. The van der Waals surface area contributed by atoms with Gasteiger partial charge in [-0.2, -0.15) is 5.26 Å². The smallest absolute Gasteiger partial charge is 0.245 e. The van der Waals surface area contributed by atoms with Gasteiger partial charge in [-0.1, -0.05) is 31.5 Å². The molecule has 39 heavy (non-hydrogen) atoms. The SMILES string of the molecule is CCC[C@@H]1C[C@H](N(C)C(C)C)CC[C@@H]1N1CCC(Nc2ncnc3ccc(-c4cccc(C#N)c4)cc23)C1=O. The molecule has 2 fully saturated rings. The Morgan fingerprint density at radius 1 is 1.13 bits per heavy atom. The summed E-state index contributed by atoms with van der Waals surface area (Å²) in [4.78, 5) is 27.4. The molecule has 0 spiro atoms. The molecule has 5 rings (SSSR count). The maximum Gasteiger partial charge on any atom is 0.245 e. The van der Waals surface area contributed by atoms with Crippen LogP contribution in [0.3, 0.4) is 0 Å². The maximum absolute atomic E-state index is 13.8. The summed E-state index contributed by atoms with van der Waals surface area (Å²) in [5, 5.41) is 13.7. The third kappa shape index (κ3) is 5.62. The Bertz CT molecular complexity index is 1360. The van der Waals surface area contributed by atoms with Crippen molar-refractivity contribution in [1.29, 1.82) is 5.26 Å². The van der Waals surface area contributed by atoms with Crippen molar-refractivity contribution in [2.75, 3.05) is 18.9 Å². The van der Waals surface area contributed by atoms with Gasteiger partial charge in [-0.15, -0.1) is 0 Å². The Morgan fingerprint density at radius 3 is 2.72 bits per heavy atom. The molecule has 1 saturated heterocycles. The van der Waals surface area contributed by atoms with E-state index >= 15 is 0 Å². The first-order valence-electron chi connectivity index (χ1n) is 14.4. The van der Waals surface area contributed by atoms with Crippen molar-refractivity contribution in [3.63, 3.8) is 0 Å². The molecular weight excluding hydrogens is 484 g/mol. The highest BCUT2D eigenvalue weighted by atomic mass is 16.2. The number of rotatable bonds is 8. The average molecular weight is 525 g/mol. The molecule has 1 aromatic heterocycles. The van der Waals surface area contributed by atoms with E-state index in [2.05, 4.69) is 65.0 Å². The molecule has 1 N–H and O–H groups in total. The van der Waals surface area contributed by atoms with Crippen LogP contribution in [-0.2, 0) is 4.79 Å². The van der Waals surface area contributed by atoms with Gasteiger partial charge in [0, 0.05) is 30.1 Å². The van der Waals surface area contributed by atoms with Gasteiger partial charge in [0.25, 0.3) is 0 Å². The number of amides is 1. The maximum atomic E-state index is 13.8. The van der Waals surface area contributed by atoms with Crippen molar-refractivity contribution >= 4 is 22.6 Å². The Kier molecular flexibility index (Phi) is 8.13. The highest BCUT2D eigenvalue weighted by molar-refractivity contribution is 5.95. The number of nitrogens with zero attached hydrogens (tertiary/aromatic N) is 5. The van der Waals surface area contributed by atoms with Crippen molar-refractivity contribution in [3.05, 3.63) is 54.4 Å². The van der Waals surface area contributed by atoms with Gasteiger partial charge < -0.3 is 15.1 Å². The van der Waals surface area contributed by atoms with E-state index in [1.54, 1.807) is 12.4 Å². The van der Waals surface area contributed by atoms with Gasteiger partial charge in [0.1, 0.15) is 18.2 Å². The third-order valence-electron chi connectivity index (χ3n) is 8.88. The van der Waals surface area contributed by atoms with Gasteiger partial charge in [0.15, 0.2) is 0 Å². The molecule has 204 valence electrons. The summed E-state index contributed by atoms with van der Waals surface area (Å²) in [5.74, 6) is 1.43. The van der Waals surface area contributed by atoms with Crippen LogP contribution in [0.4, 0.5) is 5.82 Å². The number of carbonyl (C=O) groups is 1. The molecule has 2 heterocycles.